The van der Waals surface area contributed by atoms with Gasteiger partial charge >= 0.3 is 0 Å². The lowest BCUT2D eigenvalue weighted by atomic mass is 10.2. The van der Waals surface area contributed by atoms with Crippen LogP contribution in [0.5, 0.6) is 5.75 Å². The van der Waals surface area contributed by atoms with E-state index in [1.165, 1.54) is 0 Å². The van der Waals surface area contributed by atoms with E-state index in [0.29, 0.717) is 0 Å². The van der Waals surface area contributed by atoms with E-state index in [1.807, 2.05) is 0 Å². The van der Waals surface area contributed by atoms with Crippen molar-refractivity contribution in [3.63, 3.8) is 0 Å². The van der Waals surface area contributed by atoms with Crippen LogP contribution in [0.1, 0.15) is 17.3 Å². The first kappa shape index (κ1) is 10.9. The Morgan fingerprint density at radius 1 is 1.50 bits per heavy atom. The third-order valence-corrected chi connectivity index (χ3v) is 1.74. The maximum atomic E-state index is 13.3. The molecule has 0 aliphatic carbocycles. The predicted octanol–water partition coefficient (Wildman–Crippen LogP) is 2.74. The second-order valence-corrected chi connectivity index (χ2v) is 2.78. The SMILES string of the molecule is CCOc1ccc(F)c(C(=O)Cl)c1F. The lowest BCUT2D eigenvalue weighted by Crippen LogP contribution is -2.03. The average Bonchev–Trinajstić information content (AvgIpc) is 2.10. The standard InChI is InChI=1S/C9H7ClF2O2/c1-2-14-6-4-3-5(11)7(8(6)12)9(10)13/h3-4H,2H2,1H3. The molecule has 0 unspecified atom stereocenters. The van der Waals surface area contributed by atoms with Gasteiger partial charge in [-0.2, -0.15) is 0 Å². The van der Waals surface area contributed by atoms with Crippen molar-refractivity contribution in [2.75, 3.05) is 6.61 Å². The second kappa shape index (κ2) is 4.37. The highest BCUT2D eigenvalue weighted by Gasteiger charge is 2.19. The predicted molar refractivity (Wildman–Crippen MR) is 47.7 cm³/mol. The smallest absolute Gasteiger partial charge is 0.258 e. The molecule has 0 N–H and O–H groups in total. The van der Waals surface area contributed by atoms with Gasteiger partial charge in [0.15, 0.2) is 11.6 Å². The molecule has 14 heavy (non-hydrogen) atoms. The van der Waals surface area contributed by atoms with Crippen LogP contribution in [0.2, 0.25) is 0 Å². The van der Waals surface area contributed by atoms with Gasteiger partial charge < -0.3 is 4.74 Å². The summed E-state index contributed by atoms with van der Waals surface area (Å²) >= 11 is 5.01. The van der Waals surface area contributed by atoms with E-state index in [-0.39, 0.29) is 12.4 Å². The van der Waals surface area contributed by atoms with Crippen LogP contribution >= 0.6 is 11.6 Å². The summed E-state index contributed by atoms with van der Waals surface area (Å²) in [6.07, 6.45) is 0. The highest BCUT2D eigenvalue weighted by Crippen LogP contribution is 2.24. The number of rotatable bonds is 3. The first-order valence-electron chi connectivity index (χ1n) is 3.88. The normalized spacial score (nSPS) is 10.0. The van der Waals surface area contributed by atoms with Crippen LogP contribution in [0.4, 0.5) is 8.78 Å². The first-order chi connectivity index (χ1) is 6.57. The van der Waals surface area contributed by atoms with Crippen LogP contribution in [0.25, 0.3) is 0 Å². The van der Waals surface area contributed by atoms with Gasteiger partial charge in [-0.1, -0.05) is 0 Å². The molecule has 0 atom stereocenters. The Balaban J connectivity index is 3.26. The molecule has 0 aliphatic rings. The molecule has 1 aromatic carbocycles. The molecule has 76 valence electrons. The maximum Gasteiger partial charge on any atom is 0.258 e. The van der Waals surface area contributed by atoms with Crippen molar-refractivity contribution in [1.29, 1.82) is 0 Å². The van der Waals surface area contributed by atoms with Gasteiger partial charge in [0.1, 0.15) is 11.4 Å². The quantitative estimate of drug-likeness (QED) is 0.733. The summed E-state index contributed by atoms with van der Waals surface area (Å²) < 4.78 is 31.1. The Labute approximate surface area is 84.4 Å². The minimum atomic E-state index is -1.18. The van der Waals surface area contributed by atoms with Gasteiger partial charge in [-0.15, -0.1) is 0 Å². The largest absolute Gasteiger partial charge is 0.491 e. The highest BCUT2D eigenvalue weighted by molar-refractivity contribution is 6.67. The summed E-state index contributed by atoms with van der Waals surface area (Å²) in [6.45, 7) is 1.86. The molecule has 5 heteroatoms. The van der Waals surface area contributed by atoms with Gasteiger partial charge in [-0.05, 0) is 30.7 Å². The highest BCUT2D eigenvalue weighted by atomic mass is 35.5. The summed E-state index contributed by atoms with van der Waals surface area (Å²) in [5, 5.41) is -1.18. The van der Waals surface area contributed by atoms with Crippen LogP contribution in [-0.4, -0.2) is 11.8 Å². The van der Waals surface area contributed by atoms with Gasteiger partial charge in [0, 0.05) is 0 Å². The Hall–Kier alpha value is -1.16. The monoisotopic (exact) mass is 220 g/mol. The average molecular weight is 221 g/mol. The second-order valence-electron chi connectivity index (χ2n) is 2.44. The van der Waals surface area contributed by atoms with E-state index in [0.717, 1.165) is 12.1 Å². The van der Waals surface area contributed by atoms with Crippen molar-refractivity contribution in [3.8, 4) is 5.75 Å². The summed E-state index contributed by atoms with van der Waals surface area (Å²) in [5.74, 6) is -2.24. The van der Waals surface area contributed by atoms with Crippen LogP contribution in [-0.2, 0) is 0 Å². The fourth-order valence-electron chi connectivity index (χ4n) is 0.981. The number of ether oxygens (including phenoxy) is 1. The summed E-state index contributed by atoms with van der Waals surface area (Å²) in [7, 11) is 0. The van der Waals surface area contributed by atoms with Crippen molar-refractivity contribution in [3.05, 3.63) is 29.3 Å². The topological polar surface area (TPSA) is 26.3 Å². The minimum absolute atomic E-state index is 0.182. The number of carbonyl (C=O) groups is 1. The van der Waals surface area contributed by atoms with E-state index in [2.05, 4.69) is 0 Å². The number of benzene rings is 1. The van der Waals surface area contributed by atoms with Gasteiger partial charge in [0.05, 0.1) is 6.61 Å². The maximum absolute atomic E-state index is 13.3. The molecule has 0 amide bonds. The molecule has 0 fully saturated rings. The summed E-state index contributed by atoms with van der Waals surface area (Å²) in [5.41, 5.74) is -0.780. The molecular weight excluding hydrogens is 214 g/mol. The Kier molecular flexibility index (Phi) is 3.41. The molecule has 1 rings (SSSR count). The molecule has 0 bridgehead atoms. The van der Waals surface area contributed by atoms with Gasteiger partial charge in [-0.25, -0.2) is 8.78 Å². The zero-order chi connectivity index (χ0) is 10.7. The molecule has 0 spiro atoms. The molecule has 0 saturated carbocycles. The van der Waals surface area contributed by atoms with Crippen LogP contribution in [0, 0.1) is 11.6 Å². The third kappa shape index (κ3) is 2.01. The van der Waals surface area contributed by atoms with Crippen LogP contribution in [0.3, 0.4) is 0 Å². The van der Waals surface area contributed by atoms with E-state index in [1.54, 1.807) is 6.92 Å². The number of carbonyl (C=O) groups excluding carboxylic acids is 1. The molecule has 0 aliphatic heterocycles. The number of hydrogen-bond donors (Lipinski definition) is 0. The molecule has 0 radical (unpaired) electrons. The lowest BCUT2D eigenvalue weighted by molar-refractivity contribution is 0.107. The molecule has 0 aromatic heterocycles. The lowest BCUT2D eigenvalue weighted by Gasteiger charge is -2.06. The van der Waals surface area contributed by atoms with E-state index in [9.17, 15) is 13.6 Å². The van der Waals surface area contributed by atoms with Crippen molar-refractivity contribution in [2.45, 2.75) is 6.92 Å². The zero-order valence-electron chi connectivity index (χ0n) is 7.31. The van der Waals surface area contributed by atoms with E-state index in [4.69, 9.17) is 16.3 Å². The van der Waals surface area contributed by atoms with Gasteiger partial charge in [0.2, 0.25) is 0 Å². The van der Waals surface area contributed by atoms with Gasteiger partial charge in [0.25, 0.3) is 5.24 Å². The Morgan fingerprint density at radius 2 is 2.14 bits per heavy atom. The van der Waals surface area contributed by atoms with Crippen molar-refractivity contribution in [2.24, 2.45) is 0 Å². The van der Waals surface area contributed by atoms with Crippen molar-refractivity contribution >= 4 is 16.8 Å². The van der Waals surface area contributed by atoms with Crippen molar-refractivity contribution in [1.82, 2.24) is 0 Å². The van der Waals surface area contributed by atoms with Crippen LogP contribution < -0.4 is 4.74 Å². The van der Waals surface area contributed by atoms with Crippen molar-refractivity contribution < 1.29 is 18.3 Å². The Morgan fingerprint density at radius 3 is 2.64 bits per heavy atom. The number of hydrogen-bond acceptors (Lipinski definition) is 2. The van der Waals surface area contributed by atoms with Gasteiger partial charge in [-0.3, -0.25) is 4.79 Å². The Bertz CT molecular complexity index is 366. The third-order valence-electron chi connectivity index (χ3n) is 1.55. The molecule has 0 saturated heterocycles. The summed E-state index contributed by atoms with van der Waals surface area (Å²) in [6, 6.07) is 2.04. The van der Waals surface area contributed by atoms with E-state index >= 15 is 0 Å². The molecule has 1 aromatic rings. The summed E-state index contributed by atoms with van der Waals surface area (Å²) in [4.78, 5) is 10.7. The fraction of sp³-hybridized carbons (Fsp3) is 0.222. The van der Waals surface area contributed by atoms with E-state index < -0.39 is 22.4 Å². The zero-order valence-corrected chi connectivity index (χ0v) is 8.07. The minimum Gasteiger partial charge on any atom is -0.491 e. The molecule has 0 heterocycles. The molecular formula is C9H7ClF2O2. The number of halogens is 3. The molecule has 2 nitrogen and oxygen atoms in total. The first-order valence-corrected chi connectivity index (χ1v) is 4.26. The van der Waals surface area contributed by atoms with Crippen LogP contribution in [0.15, 0.2) is 12.1 Å². The fourth-order valence-corrected chi connectivity index (χ4v) is 1.15.